The van der Waals surface area contributed by atoms with Gasteiger partial charge in [-0.05, 0) is 61.6 Å². The summed E-state index contributed by atoms with van der Waals surface area (Å²) in [4.78, 5) is 0. The fourth-order valence-corrected chi connectivity index (χ4v) is 2.86. The third-order valence-corrected chi connectivity index (χ3v) is 3.91. The van der Waals surface area contributed by atoms with Crippen molar-refractivity contribution in [1.82, 2.24) is 5.32 Å². The first-order valence-corrected chi connectivity index (χ1v) is 7.66. The van der Waals surface area contributed by atoms with Gasteiger partial charge in [0.15, 0.2) is 0 Å². The number of benzene rings is 2. The smallest absolute Gasteiger partial charge is 0.126 e. The Morgan fingerprint density at radius 1 is 1.00 bits per heavy atom. The third kappa shape index (κ3) is 3.92. The monoisotopic (exact) mass is 285 g/mol. The molecule has 0 saturated heterocycles. The molecule has 2 aromatic rings. The van der Waals surface area contributed by atoms with E-state index >= 15 is 0 Å². The standard InChI is InChI=1S/C19H24FN/c1-4-12-21-18(13-16-10-5-6-11-17(16)20)19-14(2)8-7-9-15(19)3/h5-11,18,21H,4,12-13H2,1-3H3. The second kappa shape index (κ2) is 7.37. The van der Waals surface area contributed by atoms with E-state index in [4.69, 9.17) is 0 Å². The highest BCUT2D eigenvalue weighted by atomic mass is 19.1. The van der Waals surface area contributed by atoms with Crippen LogP contribution in [0.15, 0.2) is 42.5 Å². The first-order valence-electron chi connectivity index (χ1n) is 7.66. The molecular formula is C19H24FN. The van der Waals surface area contributed by atoms with Crippen LogP contribution in [0, 0.1) is 19.7 Å². The lowest BCUT2D eigenvalue weighted by atomic mass is 9.91. The quantitative estimate of drug-likeness (QED) is 0.809. The van der Waals surface area contributed by atoms with Gasteiger partial charge in [-0.2, -0.15) is 0 Å². The van der Waals surface area contributed by atoms with E-state index in [-0.39, 0.29) is 11.9 Å². The second-order valence-corrected chi connectivity index (χ2v) is 5.61. The van der Waals surface area contributed by atoms with Gasteiger partial charge in [0.2, 0.25) is 0 Å². The molecule has 0 heterocycles. The van der Waals surface area contributed by atoms with Crippen LogP contribution in [0.2, 0.25) is 0 Å². The number of nitrogens with one attached hydrogen (secondary N) is 1. The summed E-state index contributed by atoms with van der Waals surface area (Å²) in [7, 11) is 0. The topological polar surface area (TPSA) is 12.0 Å². The summed E-state index contributed by atoms with van der Waals surface area (Å²) in [6.45, 7) is 7.35. The zero-order valence-electron chi connectivity index (χ0n) is 13.1. The van der Waals surface area contributed by atoms with E-state index in [2.05, 4.69) is 44.3 Å². The SMILES string of the molecule is CCCNC(Cc1ccccc1F)c1c(C)cccc1C. The maximum absolute atomic E-state index is 14.0. The molecule has 2 aromatic carbocycles. The first kappa shape index (κ1) is 15.7. The molecule has 1 nitrogen and oxygen atoms in total. The fraction of sp³-hybridized carbons (Fsp3) is 0.368. The van der Waals surface area contributed by atoms with E-state index in [0.29, 0.717) is 6.42 Å². The van der Waals surface area contributed by atoms with Gasteiger partial charge in [0.05, 0.1) is 0 Å². The molecule has 0 spiro atoms. The zero-order valence-corrected chi connectivity index (χ0v) is 13.1. The minimum absolute atomic E-state index is 0.118. The van der Waals surface area contributed by atoms with Crippen molar-refractivity contribution in [2.24, 2.45) is 0 Å². The molecule has 0 bridgehead atoms. The molecule has 0 aliphatic heterocycles. The molecule has 2 rings (SSSR count). The molecule has 0 aromatic heterocycles. The van der Waals surface area contributed by atoms with Crippen molar-refractivity contribution in [1.29, 1.82) is 0 Å². The van der Waals surface area contributed by atoms with Crippen LogP contribution in [-0.4, -0.2) is 6.54 Å². The van der Waals surface area contributed by atoms with Crippen LogP contribution >= 0.6 is 0 Å². The molecule has 0 fully saturated rings. The van der Waals surface area contributed by atoms with E-state index < -0.39 is 0 Å². The van der Waals surface area contributed by atoms with Gasteiger partial charge >= 0.3 is 0 Å². The van der Waals surface area contributed by atoms with Gasteiger partial charge < -0.3 is 5.32 Å². The van der Waals surface area contributed by atoms with Gasteiger partial charge in [0.25, 0.3) is 0 Å². The number of aryl methyl sites for hydroxylation is 2. The van der Waals surface area contributed by atoms with E-state index in [1.54, 1.807) is 6.07 Å². The lowest BCUT2D eigenvalue weighted by Gasteiger charge is -2.23. The maximum atomic E-state index is 14.0. The Balaban J connectivity index is 2.32. The zero-order chi connectivity index (χ0) is 15.2. The summed E-state index contributed by atoms with van der Waals surface area (Å²) in [5.41, 5.74) is 4.60. The average Bonchev–Trinajstić information content (AvgIpc) is 2.46. The predicted molar refractivity (Wildman–Crippen MR) is 87.1 cm³/mol. The fourth-order valence-electron chi connectivity index (χ4n) is 2.86. The van der Waals surface area contributed by atoms with Crippen molar-refractivity contribution in [2.45, 2.75) is 39.7 Å². The van der Waals surface area contributed by atoms with Crippen molar-refractivity contribution in [2.75, 3.05) is 6.54 Å². The Hall–Kier alpha value is -1.67. The van der Waals surface area contributed by atoms with Crippen molar-refractivity contribution in [3.63, 3.8) is 0 Å². The van der Waals surface area contributed by atoms with Gasteiger partial charge in [0, 0.05) is 6.04 Å². The minimum Gasteiger partial charge on any atom is -0.310 e. The second-order valence-electron chi connectivity index (χ2n) is 5.61. The first-order chi connectivity index (χ1) is 10.1. The lowest BCUT2D eigenvalue weighted by molar-refractivity contribution is 0.509. The minimum atomic E-state index is -0.118. The van der Waals surface area contributed by atoms with Crippen LogP contribution in [0.3, 0.4) is 0 Å². The average molecular weight is 285 g/mol. The number of rotatable bonds is 6. The molecule has 112 valence electrons. The number of hydrogen-bond donors (Lipinski definition) is 1. The molecule has 1 unspecified atom stereocenters. The molecular weight excluding hydrogens is 261 g/mol. The van der Waals surface area contributed by atoms with Crippen LogP contribution in [-0.2, 0) is 6.42 Å². The molecule has 0 aliphatic carbocycles. The molecule has 0 amide bonds. The molecule has 1 N–H and O–H groups in total. The highest BCUT2D eigenvalue weighted by Crippen LogP contribution is 2.26. The van der Waals surface area contributed by atoms with Crippen molar-refractivity contribution in [3.05, 3.63) is 70.5 Å². The molecule has 21 heavy (non-hydrogen) atoms. The molecule has 2 heteroatoms. The van der Waals surface area contributed by atoms with E-state index in [1.165, 1.54) is 22.8 Å². The molecule has 1 atom stereocenters. The highest BCUT2D eigenvalue weighted by Gasteiger charge is 2.17. The highest BCUT2D eigenvalue weighted by molar-refractivity contribution is 5.37. The van der Waals surface area contributed by atoms with Crippen LogP contribution in [0.25, 0.3) is 0 Å². The Morgan fingerprint density at radius 2 is 1.67 bits per heavy atom. The summed E-state index contributed by atoms with van der Waals surface area (Å²) >= 11 is 0. The van der Waals surface area contributed by atoms with Gasteiger partial charge in [0.1, 0.15) is 5.82 Å². The van der Waals surface area contributed by atoms with Gasteiger partial charge in [-0.25, -0.2) is 4.39 Å². The van der Waals surface area contributed by atoms with Crippen LogP contribution in [0.5, 0.6) is 0 Å². The van der Waals surface area contributed by atoms with Crippen LogP contribution in [0.1, 0.15) is 41.6 Å². The van der Waals surface area contributed by atoms with Crippen LogP contribution in [0.4, 0.5) is 4.39 Å². The summed E-state index contributed by atoms with van der Waals surface area (Å²) in [5, 5.41) is 3.58. The van der Waals surface area contributed by atoms with Gasteiger partial charge in [-0.15, -0.1) is 0 Å². The van der Waals surface area contributed by atoms with Crippen LogP contribution < -0.4 is 5.32 Å². The lowest BCUT2D eigenvalue weighted by Crippen LogP contribution is -2.26. The molecule has 0 radical (unpaired) electrons. The largest absolute Gasteiger partial charge is 0.310 e. The third-order valence-electron chi connectivity index (χ3n) is 3.91. The summed E-state index contributed by atoms with van der Waals surface area (Å²) in [6, 6.07) is 13.6. The van der Waals surface area contributed by atoms with E-state index in [1.807, 2.05) is 12.1 Å². The van der Waals surface area contributed by atoms with Gasteiger partial charge in [-0.1, -0.05) is 43.3 Å². The number of hydrogen-bond acceptors (Lipinski definition) is 1. The Bertz CT molecular complexity index is 572. The van der Waals surface area contributed by atoms with Crippen molar-refractivity contribution < 1.29 is 4.39 Å². The summed E-state index contributed by atoms with van der Waals surface area (Å²) < 4.78 is 14.0. The molecule has 0 saturated carbocycles. The summed E-state index contributed by atoms with van der Waals surface area (Å²) in [5.74, 6) is -0.118. The van der Waals surface area contributed by atoms with E-state index in [0.717, 1.165) is 18.5 Å². The van der Waals surface area contributed by atoms with Crippen molar-refractivity contribution in [3.8, 4) is 0 Å². The van der Waals surface area contributed by atoms with E-state index in [9.17, 15) is 4.39 Å². The van der Waals surface area contributed by atoms with Crippen molar-refractivity contribution >= 4 is 0 Å². The Kier molecular flexibility index (Phi) is 5.51. The normalized spacial score (nSPS) is 12.4. The predicted octanol–water partition coefficient (Wildman–Crippen LogP) is 4.73. The Labute approximate surface area is 127 Å². The summed E-state index contributed by atoms with van der Waals surface area (Å²) in [6.07, 6.45) is 1.75. The Morgan fingerprint density at radius 3 is 2.29 bits per heavy atom. The van der Waals surface area contributed by atoms with Gasteiger partial charge in [-0.3, -0.25) is 0 Å². The number of halogens is 1. The maximum Gasteiger partial charge on any atom is 0.126 e. The molecule has 0 aliphatic rings.